The van der Waals surface area contributed by atoms with Gasteiger partial charge in [0.1, 0.15) is 0 Å². The number of carbonyl (C=O) groups is 1. The van der Waals surface area contributed by atoms with Crippen molar-refractivity contribution in [3.63, 3.8) is 0 Å². The highest BCUT2D eigenvalue weighted by Gasteiger charge is 2.06. The summed E-state index contributed by atoms with van der Waals surface area (Å²) >= 11 is 1.68. The molecule has 0 saturated carbocycles. The lowest BCUT2D eigenvalue weighted by atomic mass is 10.3. The largest absolute Gasteiger partial charge is 0.351 e. The number of rotatable bonds is 6. The fraction of sp³-hybridized carbons (Fsp3) is 0.312. The Labute approximate surface area is 163 Å². The van der Waals surface area contributed by atoms with Crippen molar-refractivity contribution in [2.24, 2.45) is 4.99 Å². The molecule has 6 nitrogen and oxygen atoms in total. The van der Waals surface area contributed by atoms with Crippen LogP contribution in [0.5, 0.6) is 0 Å². The van der Waals surface area contributed by atoms with Crippen LogP contribution in [0, 0.1) is 0 Å². The minimum absolute atomic E-state index is 0. The number of hydrogen-bond acceptors (Lipinski definition) is 4. The van der Waals surface area contributed by atoms with Crippen molar-refractivity contribution < 1.29 is 4.79 Å². The SMILES string of the molecule is CN(C)C(=O)CNC(=NCc1ccccn1)NCc1cccs1.I. The standard InChI is InChI=1S/C16H21N5OS.HI/c1-21(2)15(22)12-20-16(19-11-14-7-5-9-23-14)18-10-13-6-3-4-8-17-13;/h3-9H,10-12H2,1-2H3,(H2,18,19,20);1H. The summed E-state index contributed by atoms with van der Waals surface area (Å²) in [7, 11) is 3.46. The van der Waals surface area contributed by atoms with Gasteiger partial charge in [0.15, 0.2) is 5.96 Å². The van der Waals surface area contributed by atoms with E-state index in [1.165, 1.54) is 4.88 Å². The quantitative estimate of drug-likeness (QED) is 0.395. The molecule has 24 heavy (non-hydrogen) atoms. The molecule has 1 amide bonds. The lowest BCUT2D eigenvalue weighted by Crippen LogP contribution is -2.42. The summed E-state index contributed by atoms with van der Waals surface area (Å²) in [5, 5.41) is 8.33. The zero-order chi connectivity index (χ0) is 16.5. The van der Waals surface area contributed by atoms with Crippen molar-refractivity contribution in [1.82, 2.24) is 20.5 Å². The summed E-state index contributed by atoms with van der Waals surface area (Å²) in [6, 6.07) is 9.79. The summed E-state index contributed by atoms with van der Waals surface area (Å²) in [6.45, 7) is 1.32. The number of carbonyl (C=O) groups excluding carboxylic acids is 1. The molecule has 0 fully saturated rings. The molecule has 0 unspecified atom stereocenters. The van der Waals surface area contributed by atoms with Crippen LogP contribution >= 0.6 is 35.3 Å². The predicted molar refractivity (Wildman–Crippen MR) is 109 cm³/mol. The van der Waals surface area contributed by atoms with Crippen LogP contribution in [0.1, 0.15) is 10.6 Å². The topological polar surface area (TPSA) is 69.6 Å². The number of pyridine rings is 1. The smallest absolute Gasteiger partial charge is 0.241 e. The number of guanidine groups is 1. The minimum Gasteiger partial charge on any atom is -0.351 e. The number of thiophene rings is 1. The normalized spacial score (nSPS) is 10.7. The lowest BCUT2D eigenvalue weighted by molar-refractivity contribution is -0.127. The van der Waals surface area contributed by atoms with Gasteiger partial charge in [-0.2, -0.15) is 0 Å². The molecule has 0 aliphatic rings. The van der Waals surface area contributed by atoms with E-state index >= 15 is 0 Å². The van der Waals surface area contributed by atoms with Crippen LogP contribution in [0.15, 0.2) is 46.9 Å². The van der Waals surface area contributed by atoms with Gasteiger partial charge >= 0.3 is 0 Å². The molecule has 0 atom stereocenters. The Kier molecular flexibility index (Phi) is 9.31. The average molecular weight is 459 g/mol. The number of nitrogens with zero attached hydrogens (tertiary/aromatic N) is 3. The Morgan fingerprint density at radius 2 is 2.08 bits per heavy atom. The zero-order valence-electron chi connectivity index (χ0n) is 13.7. The molecule has 2 N–H and O–H groups in total. The van der Waals surface area contributed by atoms with Crippen molar-refractivity contribution >= 4 is 47.2 Å². The number of aliphatic imine (C=N–C) groups is 1. The maximum absolute atomic E-state index is 11.7. The first kappa shape index (κ1) is 20.4. The first-order valence-electron chi connectivity index (χ1n) is 7.30. The molecule has 0 aliphatic carbocycles. The minimum atomic E-state index is -0.00606. The van der Waals surface area contributed by atoms with E-state index in [4.69, 9.17) is 0 Å². The van der Waals surface area contributed by atoms with Gasteiger partial charge in [-0.05, 0) is 23.6 Å². The van der Waals surface area contributed by atoms with Gasteiger partial charge < -0.3 is 15.5 Å². The number of aromatic nitrogens is 1. The number of halogens is 1. The molecule has 0 aromatic carbocycles. The molecule has 8 heteroatoms. The number of hydrogen-bond donors (Lipinski definition) is 2. The van der Waals surface area contributed by atoms with Gasteiger partial charge in [-0.3, -0.25) is 9.78 Å². The molecule has 0 spiro atoms. The Balaban J connectivity index is 0.00000288. The third-order valence-corrected chi connectivity index (χ3v) is 3.92. The highest BCUT2D eigenvalue weighted by atomic mass is 127. The van der Waals surface area contributed by atoms with Crippen LogP contribution < -0.4 is 10.6 Å². The highest BCUT2D eigenvalue weighted by Crippen LogP contribution is 2.07. The van der Waals surface area contributed by atoms with E-state index in [0.717, 1.165) is 5.69 Å². The number of nitrogens with one attached hydrogen (secondary N) is 2. The van der Waals surface area contributed by atoms with Gasteiger partial charge in [0.05, 0.1) is 25.3 Å². The van der Waals surface area contributed by atoms with Crippen LogP contribution in [0.25, 0.3) is 0 Å². The summed E-state index contributed by atoms with van der Waals surface area (Å²) in [5.41, 5.74) is 0.878. The van der Waals surface area contributed by atoms with E-state index in [1.807, 2.05) is 29.6 Å². The van der Waals surface area contributed by atoms with Gasteiger partial charge in [-0.1, -0.05) is 12.1 Å². The third-order valence-electron chi connectivity index (χ3n) is 3.04. The van der Waals surface area contributed by atoms with Gasteiger partial charge in [0.2, 0.25) is 5.91 Å². The molecule has 2 aromatic heterocycles. The van der Waals surface area contributed by atoms with E-state index in [0.29, 0.717) is 19.0 Å². The molecule has 130 valence electrons. The van der Waals surface area contributed by atoms with Crippen molar-refractivity contribution in [2.75, 3.05) is 20.6 Å². The number of amides is 1. The van der Waals surface area contributed by atoms with Crippen molar-refractivity contribution in [3.05, 3.63) is 52.5 Å². The third kappa shape index (κ3) is 7.26. The molecule has 2 rings (SSSR count). The maximum Gasteiger partial charge on any atom is 0.241 e. The molecule has 0 saturated heterocycles. The average Bonchev–Trinajstić information content (AvgIpc) is 3.08. The second kappa shape index (κ2) is 11.0. The Hall–Kier alpha value is -1.68. The van der Waals surface area contributed by atoms with Crippen LogP contribution in [-0.2, 0) is 17.9 Å². The van der Waals surface area contributed by atoms with E-state index < -0.39 is 0 Å². The Bertz CT molecular complexity index is 631. The van der Waals surface area contributed by atoms with Crippen LogP contribution in [0.3, 0.4) is 0 Å². The summed E-state index contributed by atoms with van der Waals surface area (Å²) < 4.78 is 0. The molecule has 2 aromatic rings. The molecular formula is C16H22IN5OS. The fourth-order valence-corrected chi connectivity index (χ4v) is 2.37. The van der Waals surface area contributed by atoms with Gasteiger partial charge in [-0.25, -0.2) is 4.99 Å². The van der Waals surface area contributed by atoms with Gasteiger partial charge in [0.25, 0.3) is 0 Å². The van der Waals surface area contributed by atoms with Gasteiger partial charge in [-0.15, -0.1) is 35.3 Å². The first-order chi connectivity index (χ1) is 11.1. The van der Waals surface area contributed by atoms with Crippen molar-refractivity contribution in [1.29, 1.82) is 0 Å². The summed E-state index contributed by atoms with van der Waals surface area (Å²) in [5.74, 6) is 0.590. The molecular weight excluding hydrogens is 437 g/mol. The monoisotopic (exact) mass is 459 g/mol. The Morgan fingerprint density at radius 3 is 2.71 bits per heavy atom. The molecule has 0 radical (unpaired) electrons. The fourth-order valence-electron chi connectivity index (χ4n) is 1.73. The van der Waals surface area contributed by atoms with E-state index in [9.17, 15) is 4.79 Å². The first-order valence-corrected chi connectivity index (χ1v) is 8.18. The number of likely N-dealkylation sites (N-methyl/N-ethyl adjacent to an activating group) is 1. The van der Waals surface area contributed by atoms with Crippen LogP contribution in [0.4, 0.5) is 0 Å². The van der Waals surface area contributed by atoms with Crippen LogP contribution in [-0.4, -0.2) is 42.4 Å². The second-order valence-electron chi connectivity index (χ2n) is 5.06. The highest BCUT2D eigenvalue weighted by molar-refractivity contribution is 14.0. The molecule has 0 aliphatic heterocycles. The molecule has 2 heterocycles. The van der Waals surface area contributed by atoms with Crippen LogP contribution in [0.2, 0.25) is 0 Å². The maximum atomic E-state index is 11.7. The van der Waals surface area contributed by atoms with E-state index in [2.05, 4.69) is 26.7 Å². The van der Waals surface area contributed by atoms with Crippen molar-refractivity contribution in [2.45, 2.75) is 13.1 Å². The van der Waals surface area contributed by atoms with E-state index in [-0.39, 0.29) is 36.4 Å². The van der Waals surface area contributed by atoms with E-state index in [1.54, 1.807) is 36.5 Å². The second-order valence-corrected chi connectivity index (χ2v) is 6.09. The lowest BCUT2D eigenvalue weighted by Gasteiger charge is -2.14. The summed E-state index contributed by atoms with van der Waals surface area (Å²) in [4.78, 5) is 23.2. The Morgan fingerprint density at radius 1 is 1.25 bits per heavy atom. The zero-order valence-corrected chi connectivity index (χ0v) is 16.9. The summed E-state index contributed by atoms with van der Waals surface area (Å²) in [6.07, 6.45) is 1.74. The van der Waals surface area contributed by atoms with Crippen molar-refractivity contribution in [3.8, 4) is 0 Å². The molecule has 0 bridgehead atoms. The van der Waals surface area contributed by atoms with Gasteiger partial charge in [0, 0.05) is 25.2 Å². The predicted octanol–water partition coefficient (Wildman–Crippen LogP) is 2.08.